The average molecular weight is 370 g/mol. The first-order valence-corrected chi connectivity index (χ1v) is 10.4. The van der Waals surface area contributed by atoms with Gasteiger partial charge in [-0.25, -0.2) is 0 Å². The lowest BCUT2D eigenvalue weighted by Gasteiger charge is -2.31. The summed E-state index contributed by atoms with van der Waals surface area (Å²) in [7, 11) is 2.19. The first kappa shape index (κ1) is 18.4. The summed E-state index contributed by atoms with van der Waals surface area (Å²) >= 11 is 0. The van der Waals surface area contributed by atoms with Gasteiger partial charge in [-0.2, -0.15) is 0 Å². The molecule has 4 rings (SSSR count). The summed E-state index contributed by atoms with van der Waals surface area (Å²) in [5.41, 5.74) is 1.80. The van der Waals surface area contributed by atoms with Gasteiger partial charge in [0, 0.05) is 24.5 Å². The van der Waals surface area contributed by atoms with E-state index in [1.54, 1.807) is 0 Å². The molecule has 0 bridgehead atoms. The zero-order chi connectivity index (χ0) is 18.8. The maximum atomic E-state index is 12.9. The van der Waals surface area contributed by atoms with Crippen LogP contribution in [0.1, 0.15) is 55.9 Å². The third-order valence-electron chi connectivity index (χ3n) is 6.20. The van der Waals surface area contributed by atoms with E-state index in [0.717, 1.165) is 41.9 Å². The standard InChI is InChI=1S/C22H31N3O2/c1-3-18-15-25-19(14-16-8-7-11-20(27-18)21(16)25)22(26)23-12-13-24(2)17-9-5-4-6-10-17/h7-8,11,14,17-18H,3-6,9-10,12-13,15H2,1-2H3,(H,23,26)/t18-/m0/s1. The second kappa shape index (κ2) is 7.93. The van der Waals surface area contributed by atoms with Gasteiger partial charge in [0.2, 0.25) is 0 Å². The van der Waals surface area contributed by atoms with Crippen LogP contribution < -0.4 is 10.1 Å². The molecule has 0 radical (unpaired) electrons. The molecule has 1 N–H and O–H groups in total. The average Bonchev–Trinajstić information content (AvgIpc) is 3.08. The van der Waals surface area contributed by atoms with E-state index in [1.807, 2.05) is 18.2 Å². The quantitative estimate of drug-likeness (QED) is 0.842. The van der Waals surface area contributed by atoms with Crippen LogP contribution in [0.5, 0.6) is 5.75 Å². The van der Waals surface area contributed by atoms with Crippen molar-refractivity contribution >= 4 is 16.8 Å². The number of nitrogens with zero attached hydrogens (tertiary/aromatic N) is 2. The summed E-state index contributed by atoms with van der Waals surface area (Å²) in [6.45, 7) is 4.46. The molecule has 1 fully saturated rings. The van der Waals surface area contributed by atoms with E-state index in [9.17, 15) is 4.79 Å². The summed E-state index contributed by atoms with van der Waals surface area (Å²) in [4.78, 5) is 15.3. The fourth-order valence-corrected chi connectivity index (χ4v) is 4.54. The Morgan fingerprint density at radius 3 is 2.89 bits per heavy atom. The Kier molecular flexibility index (Phi) is 5.39. The Labute approximate surface area is 161 Å². The van der Waals surface area contributed by atoms with Crippen molar-refractivity contribution in [1.29, 1.82) is 0 Å². The van der Waals surface area contributed by atoms with Crippen molar-refractivity contribution in [3.8, 4) is 5.75 Å². The van der Waals surface area contributed by atoms with E-state index in [2.05, 4.69) is 34.8 Å². The molecule has 1 saturated carbocycles. The Hall–Kier alpha value is -2.01. The number of likely N-dealkylation sites (N-methyl/N-ethyl adjacent to an activating group) is 1. The maximum absolute atomic E-state index is 12.9. The van der Waals surface area contributed by atoms with Crippen molar-refractivity contribution in [3.63, 3.8) is 0 Å². The highest BCUT2D eigenvalue weighted by Gasteiger charge is 2.25. The Morgan fingerprint density at radius 1 is 1.30 bits per heavy atom. The van der Waals surface area contributed by atoms with Crippen LogP contribution in [0.3, 0.4) is 0 Å². The van der Waals surface area contributed by atoms with Crippen molar-refractivity contribution in [2.24, 2.45) is 0 Å². The number of ether oxygens (including phenoxy) is 1. The lowest BCUT2D eigenvalue weighted by atomic mass is 9.94. The fraction of sp³-hybridized carbons (Fsp3) is 0.591. The Bertz CT molecular complexity index is 807. The third-order valence-corrected chi connectivity index (χ3v) is 6.20. The minimum Gasteiger partial charge on any atom is -0.486 e. The van der Waals surface area contributed by atoms with Crippen molar-refractivity contribution in [2.75, 3.05) is 20.1 Å². The molecule has 5 heteroatoms. The van der Waals surface area contributed by atoms with E-state index in [-0.39, 0.29) is 12.0 Å². The highest BCUT2D eigenvalue weighted by Crippen LogP contribution is 2.34. The molecule has 1 aliphatic carbocycles. The molecule has 1 aromatic heterocycles. The summed E-state index contributed by atoms with van der Waals surface area (Å²) in [6.07, 6.45) is 7.69. The van der Waals surface area contributed by atoms with Gasteiger partial charge in [-0.3, -0.25) is 4.79 Å². The first-order chi connectivity index (χ1) is 13.2. The van der Waals surface area contributed by atoms with Gasteiger partial charge >= 0.3 is 0 Å². The number of nitrogens with one attached hydrogen (secondary N) is 1. The highest BCUT2D eigenvalue weighted by atomic mass is 16.5. The van der Waals surface area contributed by atoms with Crippen LogP contribution in [0.15, 0.2) is 24.3 Å². The summed E-state index contributed by atoms with van der Waals surface area (Å²) in [5, 5.41) is 4.21. The van der Waals surface area contributed by atoms with Gasteiger partial charge in [0.15, 0.2) is 0 Å². The SMILES string of the molecule is CC[C@H]1Cn2c(C(=O)NCCN(C)C3CCCCC3)cc3cccc(c32)O1. The predicted octanol–water partition coefficient (Wildman–Crippen LogP) is 3.81. The van der Waals surface area contributed by atoms with Gasteiger partial charge in [-0.05, 0) is 38.4 Å². The molecule has 1 atom stereocenters. The van der Waals surface area contributed by atoms with Gasteiger partial charge in [0.25, 0.3) is 5.91 Å². The molecule has 1 aromatic carbocycles. The molecule has 2 aliphatic rings. The number of para-hydroxylation sites is 1. The maximum Gasteiger partial charge on any atom is 0.267 e. The number of carbonyl (C=O) groups excluding carboxylic acids is 1. The minimum atomic E-state index is 0.0194. The number of hydrogen-bond acceptors (Lipinski definition) is 3. The van der Waals surface area contributed by atoms with Gasteiger partial charge in [-0.1, -0.05) is 38.3 Å². The van der Waals surface area contributed by atoms with Gasteiger partial charge in [0.1, 0.15) is 17.5 Å². The zero-order valence-corrected chi connectivity index (χ0v) is 16.5. The number of carbonyl (C=O) groups is 1. The van der Waals surface area contributed by atoms with Gasteiger partial charge in [-0.15, -0.1) is 0 Å². The van der Waals surface area contributed by atoms with Crippen molar-refractivity contribution in [2.45, 2.75) is 64.1 Å². The molecule has 1 amide bonds. The van der Waals surface area contributed by atoms with Crippen LogP contribution in [-0.2, 0) is 6.54 Å². The minimum absolute atomic E-state index is 0.0194. The number of rotatable bonds is 6. The van der Waals surface area contributed by atoms with E-state index in [0.29, 0.717) is 12.6 Å². The molecule has 27 heavy (non-hydrogen) atoms. The molecule has 146 valence electrons. The van der Waals surface area contributed by atoms with Crippen LogP contribution in [0.25, 0.3) is 10.9 Å². The summed E-state index contributed by atoms with van der Waals surface area (Å²) < 4.78 is 8.21. The Morgan fingerprint density at radius 2 is 2.11 bits per heavy atom. The van der Waals surface area contributed by atoms with Crippen LogP contribution in [-0.4, -0.2) is 47.7 Å². The third kappa shape index (κ3) is 3.70. The Balaban J connectivity index is 1.43. The van der Waals surface area contributed by atoms with Crippen LogP contribution in [0, 0.1) is 0 Å². The van der Waals surface area contributed by atoms with Crippen LogP contribution >= 0.6 is 0 Å². The smallest absolute Gasteiger partial charge is 0.267 e. The second-order valence-electron chi connectivity index (χ2n) is 8.01. The van der Waals surface area contributed by atoms with Crippen LogP contribution in [0.4, 0.5) is 0 Å². The lowest BCUT2D eigenvalue weighted by molar-refractivity contribution is 0.0929. The van der Waals surface area contributed by atoms with E-state index >= 15 is 0 Å². The highest BCUT2D eigenvalue weighted by molar-refractivity contribution is 6.00. The number of amides is 1. The first-order valence-electron chi connectivity index (χ1n) is 10.4. The van der Waals surface area contributed by atoms with Crippen molar-refractivity contribution in [1.82, 2.24) is 14.8 Å². The number of benzene rings is 1. The summed E-state index contributed by atoms with van der Waals surface area (Å²) in [5.74, 6) is 0.910. The number of aromatic nitrogens is 1. The molecule has 0 saturated heterocycles. The monoisotopic (exact) mass is 369 g/mol. The molecule has 5 nitrogen and oxygen atoms in total. The van der Waals surface area contributed by atoms with E-state index < -0.39 is 0 Å². The van der Waals surface area contributed by atoms with Gasteiger partial charge < -0.3 is 19.5 Å². The van der Waals surface area contributed by atoms with E-state index in [1.165, 1.54) is 32.1 Å². The lowest BCUT2D eigenvalue weighted by Crippen LogP contribution is -2.40. The topological polar surface area (TPSA) is 46.5 Å². The molecule has 0 spiro atoms. The molecule has 2 heterocycles. The predicted molar refractivity (Wildman–Crippen MR) is 108 cm³/mol. The largest absolute Gasteiger partial charge is 0.486 e. The van der Waals surface area contributed by atoms with Crippen LogP contribution in [0.2, 0.25) is 0 Å². The van der Waals surface area contributed by atoms with Crippen molar-refractivity contribution < 1.29 is 9.53 Å². The molecular weight excluding hydrogens is 338 g/mol. The normalized spacial score (nSPS) is 20.0. The number of hydrogen-bond donors (Lipinski definition) is 1. The fourth-order valence-electron chi connectivity index (χ4n) is 4.54. The molecular formula is C22H31N3O2. The van der Waals surface area contributed by atoms with E-state index in [4.69, 9.17) is 4.74 Å². The summed E-state index contributed by atoms with van der Waals surface area (Å²) in [6, 6.07) is 8.74. The molecule has 2 aromatic rings. The second-order valence-corrected chi connectivity index (χ2v) is 8.01. The molecule has 0 unspecified atom stereocenters. The molecule has 1 aliphatic heterocycles. The zero-order valence-electron chi connectivity index (χ0n) is 16.5. The van der Waals surface area contributed by atoms with Gasteiger partial charge in [0.05, 0.1) is 12.1 Å². The van der Waals surface area contributed by atoms with Crippen molar-refractivity contribution in [3.05, 3.63) is 30.0 Å².